The number of alkyl halides is 1. The molecule has 0 fully saturated rings. The van der Waals surface area contributed by atoms with Crippen molar-refractivity contribution in [2.45, 2.75) is 13.0 Å². The van der Waals surface area contributed by atoms with E-state index in [-0.39, 0.29) is 0 Å². The SMILES string of the molecule is COc1cccc(C(O)CBr)c1C. The second kappa shape index (κ2) is 4.63. The molecule has 1 aromatic carbocycles. The molecule has 0 spiro atoms. The first-order valence-corrected chi connectivity index (χ1v) is 5.20. The fourth-order valence-corrected chi connectivity index (χ4v) is 1.65. The van der Waals surface area contributed by atoms with E-state index < -0.39 is 6.10 Å². The van der Waals surface area contributed by atoms with Crippen molar-refractivity contribution in [1.82, 2.24) is 0 Å². The first kappa shape index (κ1) is 10.5. The van der Waals surface area contributed by atoms with E-state index in [1.54, 1.807) is 7.11 Å². The molecule has 0 bridgehead atoms. The molecule has 2 nitrogen and oxygen atoms in total. The highest BCUT2D eigenvalue weighted by molar-refractivity contribution is 9.09. The summed E-state index contributed by atoms with van der Waals surface area (Å²) >= 11 is 3.24. The molecule has 1 atom stereocenters. The van der Waals surface area contributed by atoms with Gasteiger partial charge in [0.25, 0.3) is 0 Å². The molecule has 0 aliphatic heterocycles. The molecule has 0 amide bonds. The van der Waals surface area contributed by atoms with Gasteiger partial charge in [-0.25, -0.2) is 0 Å². The number of methoxy groups -OCH3 is 1. The molecule has 0 saturated heterocycles. The van der Waals surface area contributed by atoms with Crippen LogP contribution < -0.4 is 4.74 Å². The minimum atomic E-state index is -0.463. The van der Waals surface area contributed by atoms with Crippen LogP contribution in [0.3, 0.4) is 0 Å². The Labute approximate surface area is 86.7 Å². The third-order valence-corrected chi connectivity index (χ3v) is 2.66. The van der Waals surface area contributed by atoms with Crippen LogP contribution in [-0.2, 0) is 0 Å². The quantitative estimate of drug-likeness (QED) is 0.828. The van der Waals surface area contributed by atoms with E-state index in [2.05, 4.69) is 15.9 Å². The Kier molecular flexibility index (Phi) is 3.75. The number of aliphatic hydroxyl groups excluding tert-OH is 1. The van der Waals surface area contributed by atoms with Gasteiger partial charge in [0, 0.05) is 5.33 Å². The standard InChI is InChI=1S/C10H13BrO2/c1-7-8(9(12)6-11)4-3-5-10(7)13-2/h3-5,9,12H,6H2,1-2H3. The molecule has 1 rings (SSSR count). The van der Waals surface area contributed by atoms with E-state index in [1.165, 1.54) is 0 Å². The van der Waals surface area contributed by atoms with Crippen molar-refractivity contribution in [3.63, 3.8) is 0 Å². The predicted octanol–water partition coefficient (Wildman–Crippen LogP) is 2.43. The van der Waals surface area contributed by atoms with E-state index in [4.69, 9.17) is 4.74 Å². The molecular weight excluding hydrogens is 232 g/mol. The maximum atomic E-state index is 9.63. The van der Waals surface area contributed by atoms with Crippen molar-refractivity contribution < 1.29 is 9.84 Å². The van der Waals surface area contributed by atoms with E-state index in [1.807, 2.05) is 25.1 Å². The highest BCUT2D eigenvalue weighted by Gasteiger charge is 2.10. The topological polar surface area (TPSA) is 29.5 Å². The van der Waals surface area contributed by atoms with Crippen LogP contribution in [0.5, 0.6) is 5.75 Å². The molecule has 0 aromatic heterocycles. The molecule has 0 radical (unpaired) electrons. The second-order valence-corrected chi connectivity index (χ2v) is 3.49. The third-order valence-electron chi connectivity index (χ3n) is 2.05. The van der Waals surface area contributed by atoms with Gasteiger partial charge >= 0.3 is 0 Å². The van der Waals surface area contributed by atoms with Crippen molar-refractivity contribution in [3.8, 4) is 5.75 Å². The van der Waals surface area contributed by atoms with Crippen LogP contribution >= 0.6 is 15.9 Å². The molecule has 0 saturated carbocycles. The lowest BCUT2D eigenvalue weighted by Crippen LogP contribution is -2.02. The largest absolute Gasteiger partial charge is 0.496 e. The number of ether oxygens (including phenoxy) is 1. The molecule has 0 heterocycles. The van der Waals surface area contributed by atoms with Crippen LogP contribution in [0.15, 0.2) is 18.2 Å². The van der Waals surface area contributed by atoms with Crippen molar-refractivity contribution in [2.75, 3.05) is 12.4 Å². The van der Waals surface area contributed by atoms with E-state index in [9.17, 15) is 5.11 Å². The van der Waals surface area contributed by atoms with Gasteiger partial charge in [-0.2, -0.15) is 0 Å². The van der Waals surface area contributed by atoms with Crippen LogP contribution in [0.4, 0.5) is 0 Å². The van der Waals surface area contributed by atoms with Gasteiger partial charge in [0.2, 0.25) is 0 Å². The number of aliphatic hydroxyl groups is 1. The zero-order chi connectivity index (χ0) is 9.84. The highest BCUT2D eigenvalue weighted by Crippen LogP contribution is 2.26. The maximum Gasteiger partial charge on any atom is 0.122 e. The molecule has 1 aromatic rings. The summed E-state index contributed by atoms with van der Waals surface area (Å²) in [5.41, 5.74) is 1.91. The molecule has 0 aliphatic rings. The summed E-state index contributed by atoms with van der Waals surface area (Å²) in [6, 6.07) is 5.68. The minimum Gasteiger partial charge on any atom is -0.496 e. The van der Waals surface area contributed by atoms with Crippen molar-refractivity contribution >= 4 is 15.9 Å². The number of halogens is 1. The fraction of sp³-hybridized carbons (Fsp3) is 0.400. The zero-order valence-electron chi connectivity index (χ0n) is 7.75. The van der Waals surface area contributed by atoms with E-state index in [0.29, 0.717) is 5.33 Å². The van der Waals surface area contributed by atoms with Gasteiger partial charge in [-0.3, -0.25) is 0 Å². The number of hydrogen-bond donors (Lipinski definition) is 1. The van der Waals surface area contributed by atoms with Gasteiger partial charge < -0.3 is 9.84 Å². The number of benzene rings is 1. The minimum absolute atomic E-state index is 0.463. The van der Waals surface area contributed by atoms with E-state index >= 15 is 0 Å². The second-order valence-electron chi connectivity index (χ2n) is 2.84. The zero-order valence-corrected chi connectivity index (χ0v) is 9.34. The smallest absolute Gasteiger partial charge is 0.122 e. The van der Waals surface area contributed by atoms with Gasteiger partial charge in [0.1, 0.15) is 5.75 Å². The summed E-state index contributed by atoms with van der Waals surface area (Å²) in [4.78, 5) is 0. The van der Waals surface area contributed by atoms with E-state index in [0.717, 1.165) is 16.9 Å². The Hall–Kier alpha value is -0.540. The van der Waals surface area contributed by atoms with Gasteiger partial charge in [-0.05, 0) is 24.1 Å². The molecule has 1 N–H and O–H groups in total. The number of rotatable bonds is 3. The first-order valence-electron chi connectivity index (χ1n) is 4.08. The van der Waals surface area contributed by atoms with Gasteiger partial charge in [-0.15, -0.1) is 0 Å². The third kappa shape index (κ3) is 2.23. The Morgan fingerprint density at radius 3 is 2.77 bits per heavy atom. The Morgan fingerprint density at radius 1 is 1.54 bits per heavy atom. The summed E-state index contributed by atoms with van der Waals surface area (Å²) in [6.07, 6.45) is -0.463. The predicted molar refractivity (Wildman–Crippen MR) is 56.5 cm³/mol. The van der Waals surface area contributed by atoms with Gasteiger partial charge in [0.15, 0.2) is 0 Å². The van der Waals surface area contributed by atoms with Crippen LogP contribution in [0.1, 0.15) is 17.2 Å². The summed E-state index contributed by atoms with van der Waals surface area (Å²) in [5.74, 6) is 0.817. The van der Waals surface area contributed by atoms with Gasteiger partial charge in [0.05, 0.1) is 13.2 Å². The highest BCUT2D eigenvalue weighted by atomic mass is 79.9. The summed E-state index contributed by atoms with van der Waals surface area (Å²) in [6.45, 7) is 1.94. The van der Waals surface area contributed by atoms with Crippen molar-refractivity contribution in [3.05, 3.63) is 29.3 Å². The summed E-state index contributed by atoms with van der Waals surface area (Å²) < 4.78 is 5.15. The molecule has 0 aliphatic carbocycles. The van der Waals surface area contributed by atoms with Crippen molar-refractivity contribution in [1.29, 1.82) is 0 Å². The van der Waals surface area contributed by atoms with Gasteiger partial charge in [-0.1, -0.05) is 28.1 Å². The molecule has 13 heavy (non-hydrogen) atoms. The first-order chi connectivity index (χ1) is 6.20. The lowest BCUT2D eigenvalue weighted by molar-refractivity contribution is 0.204. The summed E-state index contributed by atoms with van der Waals surface area (Å²) in [5, 5.41) is 10.2. The molecule has 1 unspecified atom stereocenters. The summed E-state index contributed by atoms with van der Waals surface area (Å²) in [7, 11) is 1.63. The lowest BCUT2D eigenvalue weighted by Gasteiger charge is -2.13. The van der Waals surface area contributed by atoms with Crippen LogP contribution in [-0.4, -0.2) is 17.5 Å². The Balaban J connectivity index is 3.08. The monoisotopic (exact) mass is 244 g/mol. The number of hydrogen-bond acceptors (Lipinski definition) is 2. The average Bonchev–Trinajstić information content (AvgIpc) is 2.17. The lowest BCUT2D eigenvalue weighted by atomic mass is 10.0. The molecule has 3 heteroatoms. The van der Waals surface area contributed by atoms with Crippen LogP contribution in [0.2, 0.25) is 0 Å². The Morgan fingerprint density at radius 2 is 2.23 bits per heavy atom. The normalized spacial score (nSPS) is 12.6. The van der Waals surface area contributed by atoms with Crippen LogP contribution in [0.25, 0.3) is 0 Å². The van der Waals surface area contributed by atoms with Crippen molar-refractivity contribution in [2.24, 2.45) is 0 Å². The fourth-order valence-electron chi connectivity index (χ4n) is 1.30. The van der Waals surface area contributed by atoms with Crippen LogP contribution in [0, 0.1) is 6.92 Å². The maximum absolute atomic E-state index is 9.63. The average molecular weight is 245 g/mol. The molecular formula is C10H13BrO2. The molecule has 72 valence electrons. The Bertz CT molecular complexity index is 286.